The molecule has 0 aromatic rings. The summed E-state index contributed by atoms with van der Waals surface area (Å²) >= 11 is 0. The van der Waals surface area contributed by atoms with Gasteiger partial charge in [0, 0.05) is 20.2 Å². The zero-order chi connectivity index (χ0) is 11.0. The molecule has 0 aromatic heterocycles. The third-order valence-corrected chi connectivity index (χ3v) is 1.87. The fourth-order valence-corrected chi connectivity index (χ4v) is 1.03. The van der Waals surface area contributed by atoms with Crippen LogP contribution in [-0.4, -0.2) is 57.8 Å². The number of methoxy groups -OCH3 is 1. The van der Waals surface area contributed by atoms with Crippen molar-refractivity contribution in [1.82, 2.24) is 10.2 Å². The van der Waals surface area contributed by atoms with Gasteiger partial charge in [0.2, 0.25) is 5.91 Å². The van der Waals surface area contributed by atoms with Gasteiger partial charge in [0.1, 0.15) is 6.10 Å². The molecule has 0 rings (SSSR count). The Labute approximate surface area is 85.6 Å². The van der Waals surface area contributed by atoms with E-state index in [1.807, 2.05) is 14.1 Å². The summed E-state index contributed by atoms with van der Waals surface area (Å²) in [7, 11) is 5.48. The highest BCUT2D eigenvalue weighted by Crippen LogP contribution is 1.87. The molecule has 0 aliphatic heterocycles. The Bertz CT molecular complexity index is 158. The molecule has 0 spiro atoms. The van der Waals surface area contributed by atoms with Crippen LogP contribution in [0.15, 0.2) is 0 Å². The number of amides is 1. The SMILES string of the molecule is COC(CN)C(=O)NCCCN(C)C. The van der Waals surface area contributed by atoms with E-state index >= 15 is 0 Å². The minimum atomic E-state index is -0.519. The van der Waals surface area contributed by atoms with Gasteiger partial charge in [-0.1, -0.05) is 0 Å². The number of ether oxygens (including phenoxy) is 1. The van der Waals surface area contributed by atoms with Crippen molar-refractivity contribution in [1.29, 1.82) is 0 Å². The Kier molecular flexibility index (Phi) is 7.37. The lowest BCUT2D eigenvalue weighted by molar-refractivity contribution is -0.130. The molecule has 0 aliphatic carbocycles. The molecule has 1 unspecified atom stereocenters. The van der Waals surface area contributed by atoms with E-state index in [0.717, 1.165) is 13.0 Å². The largest absolute Gasteiger partial charge is 0.370 e. The first-order valence-electron chi connectivity index (χ1n) is 4.77. The average molecular weight is 203 g/mol. The van der Waals surface area contributed by atoms with Crippen LogP contribution in [0.1, 0.15) is 6.42 Å². The van der Waals surface area contributed by atoms with Crippen molar-refractivity contribution in [2.24, 2.45) is 5.73 Å². The lowest BCUT2D eigenvalue weighted by atomic mass is 10.3. The molecule has 14 heavy (non-hydrogen) atoms. The maximum absolute atomic E-state index is 11.3. The zero-order valence-electron chi connectivity index (χ0n) is 9.25. The van der Waals surface area contributed by atoms with E-state index in [1.165, 1.54) is 7.11 Å². The molecule has 0 heterocycles. The van der Waals surface area contributed by atoms with Gasteiger partial charge in [-0.05, 0) is 27.1 Å². The van der Waals surface area contributed by atoms with E-state index in [9.17, 15) is 4.79 Å². The summed E-state index contributed by atoms with van der Waals surface area (Å²) < 4.78 is 4.89. The van der Waals surface area contributed by atoms with Crippen molar-refractivity contribution in [3.63, 3.8) is 0 Å². The van der Waals surface area contributed by atoms with Crippen LogP contribution in [0.3, 0.4) is 0 Å². The lowest BCUT2D eigenvalue weighted by Crippen LogP contribution is -2.41. The molecule has 1 amide bonds. The predicted molar refractivity (Wildman–Crippen MR) is 56.0 cm³/mol. The molecular formula is C9H21N3O2. The molecule has 0 fully saturated rings. The van der Waals surface area contributed by atoms with Crippen LogP contribution in [0.4, 0.5) is 0 Å². The maximum atomic E-state index is 11.3. The van der Waals surface area contributed by atoms with E-state index in [-0.39, 0.29) is 12.5 Å². The Balaban J connectivity index is 3.52. The lowest BCUT2D eigenvalue weighted by Gasteiger charge is -2.14. The number of nitrogens with two attached hydrogens (primary N) is 1. The van der Waals surface area contributed by atoms with Crippen molar-refractivity contribution < 1.29 is 9.53 Å². The monoisotopic (exact) mass is 203 g/mol. The van der Waals surface area contributed by atoms with Gasteiger partial charge in [0.25, 0.3) is 0 Å². The molecule has 5 heteroatoms. The number of carbonyl (C=O) groups is 1. The standard InChI is InChI=1S/C9H21N3O2/c1-12(2)6-4-5-11-9(13)8(7-10)14-3/h8H,4-7,10H2,1-3H3,(H,11,13). The molecule has 0 bridgehead atoms. The van der Waals surface area contributed by atoms with Gasteiger partial charge in [-0.25, -0.2) is 0 Å². The minimum absolute atomic E-state index is 0.131. The van der Waals surface area contributed by atoms with Crippen molar-refractivity contribution in [2.45, 2.75) is 12.5 Å². The molecule has 0 radical (unpaired) electrons. The number of hydrogen-bond acceptors (Lipinski definition) is 4. The molecule has 1 atom stereocenters. The van der Waals surface area contributed by atoms with Crippen LogP contribution in [-0.2, 0) is 9.53 Å². The van der Waals surface area contributed by atoms with Crippen LogP contribution in [0.25, 0.3) is 0 Å². The number of nitrogens with one attached hydrogen (secondary N) is 1. The second kappa shape index (κ2) is 7.73. The highest BCUT2D eigenvalue weighted by molar-refractivity contribution is 5.80. The van der Waals surface area contributed by atoms with Gasteiger partial charge in [-0.15, -0.1) is 0 Å². The van der Waals surface area contributed by atoms with Crippen molar-refractivity contribution >= 4 is 5.91 Å². The van der Waals surface area contributed by atoms with E-state index in [2.05, 4.69) is 10.2 Å². The smallest absolute Gasteiger partial charge is 0.250 e. The van der Waals surface area contributed by atoms with Gasteiger partial charge in [0.05, 0.1) is 0 Å². The number of hydrogen-bond donors (Lipinski definition) is 2. The van der Waals surface area contributed by atoms with Crippen LogP contribution >= 0.6 is 0 Å². The van der Waals surface area contributed by atoms with Crippen LogP contribution in [0.2, 0.25) is 0 Å². The first-order chi connectivity index (χ1) is 6.61. The molecule has 84 valence electrons. The fraction of sp³-hybridized carbons (Fsp3) is 0.889. The number of rotatable bonds is 7. The van der Waals surface area contributed by atoms with E-state index in [0.29, 0.717) is 6.54 Å². The Morgan fingerprint density at radius 2 is 2.21 bits per heavy atom. The molecule has 5 nitrogen and oxygen atoms in total. The summed E-state index contributed by atoms with van der Waals surface area (Å²) in [6.45, 7) is 1.84. The summed E-state index contributed by atoms with van der Waals surface area (Å²) in [4.78, 5) is 13.4. The second-order valence-corrected chi connectivity index (χ2v) is 3.41. The first-order valence-corrected chi connectivity index (χ1v) is 4.77. The number of carbonyl (C=O) groups excluding carboxylic acids is 1. The average Bonchev–Trinajstić information content (AvgIpc) is 2.14. The highest BCUT2D eigenvalue weighted by Gasteiger charge is 2.14. The predicted octanol–water partition coefficient (Wildman–Crippen LogP) is -0.972. The first kappa shape index (κ1) is 13.4. The molecule has 0 aliphatic rings. The quantitative estimate of drug-likeness (QED) is 0.522. The number of nitrogens with zero attached hydrogens (tertiary/aromatic N) is 1. The van der Waals surface area contributed by atoms with Crippen molar-refractivity contribution in [3.8, 4) is 0 Å². The van der Waals surface area contributed by atoms with Crippen molar-refractivity contribution in [3.05, 3.63) is 0 Å². The molecule has 0 saturated carbocycles. The van der Waals surface area contributed by atoms with E-state index < -0.39 is 6.10 Å². The molecule has 0 aromatic carbocycles. The summed E-state index contributed by atoms with van der Waals surface area (Å²) in [6.07, 6.45) is 0.411. The Hall–Kier alpha value is -0.650. The van der Waals surface area contributed by atoms with Gasteiger partial charge >= 0.3 is 0 Å². The van der Waals surface area contributed by atoms with Gasteiger partial charge in [-0.2, -0.15) is 0 Å². The van der Waals surface area contributed by atoms with Crippen LogP contribution in [0, 0.1) is 0 Å². The molecule has 3 N–H and O–H groups in total. The Morgan fingerprint density at radius 1 is 1.57 bits per heavy atom. The Morgan fingerprint density at radius 3 is 2.64 bits per heavy atom. The third kappa shape index (κ3) is 5.90. The summed E-state index contributed by atoms with van der Waals surface area (Å²) in [5.41, 5.74) is 5.34. The minimum Gasteiger partial charge on any atom is -0.370 e. The molecular weight excluding hydrogens is 182 g/mol. The summed E-state index contributed by atoms with van der Waals surface area (Å²) in [5, 5.41) is 2.77. The van der Waals surface area contributed by atoms with Crippen LogP contribution < -0.4 is 11.1 Å². The topological polar surface area (TPSA) is 67.6 Å². The van der Waals surface area contributed by atoms with Crippen molar-refractivity contribution in [2.75, 3.05) is 40.8 Å². The van der Waals surface area contributed by atoms with Crippen LogP contribution in [0.5, 0.6) is 0 Å². The van der Waals surface area contributed by atoms with E-state index in [4.69, 9.17) is 10.5 Å². The third-order valence-electron chi connectivity index (χ3n) is 1.87. The maximum Gasteiger partial charge on any atom is 0.250 e. The second-order valence-electron chi connectivity index (χ2n) is 3.41. The summed E-state index contributed by atoms with van der Waals surface area (Å²) in [5.74, 6) is -0.131. The van der Waals surface area contributed by atoms with Gasteiger partial charge < -0.3 is 20.7 Å². The highest BCUT2D eigenvalue weighted by atomic mass is 16.5. The normalized spacial score (nSPS) is 12.9. The summed E-state index contributed by atoms with van der Waals surface area (Å²) in [6, 6.07) is 0. The van der Waals surface area contributed by atoms with Gasteiger partial charge in [0.15, 0.2) is 0 Å². The zero-order valence-corrected chi connectivity index (χ0v) is 9.25. The van der Waals surface area contributed by atoms with E-state index in [1.54, 1.807) is 0 Å². The molecule has 0 saturated heterocycles. The van der Waals surface area contributed by atoms with Gasteiger partial charge in [-0.3, -0.25) is 4.79 Å². The fourth-order valence-electron chi connectivity index (χ4n) is 1.03.